The average molecular weight is 459 g/mol. The van der Waals surface area contributed by atoms with Crippen LogP contribution in [0.2, 0.25) is 0 Å². The van der Waals surface area contributed by atoms with Crippen molar-refractivity contribution in [2.24, 2.45) is 52.3 Å². The molecule has 2 heterocycles. The molecule has 0 N–H and O–H groups in total. The zero-order valence-electron chi connectivity index (χ0n) is 21.6. The molecule has 7 unspecified atom stereocenters. The summed E-state index contributed by atoms with van der Waals surface area (Å²) < 4.78 is 19.1. The molecule has 186 valence electrons. The third-order valence-corrected chi connectivity index (χ3v) is 12.2. The topological polar surface area (TPSA) is 44.8 Å². The van der Waals surface area contributed by atoms with Gasteiger partial charge in [-0.05, 0) is 104 Å². The lowest BCUT2D eigenvalue weighted by atomic mass is 9.44. The molecule has 6 rings (SSSR count). The molecule has 4 aliphatic carbocycles. The van der Waals surface area contributed by atoms with Gasteiger partial charge in [0.15, 0.2) is 5.79 Å². The highest BCUT2D eigenvalue weighted by Crippen LogP contribution is 2.71. The maximum absolute atomic E-state index is 11.5. The number of hydrogen-bond acceptors (Lipinski definition) is 4. The van der Waals surface area contributed by atoms with E-state index in [1.54, 1.807) is 6.92 Å². The minimum absolute atomic E-state index is 0.105. The number of ether oxygens (including phenoxy) is 3. The molecular weight excluding hydrogens is 412 g/mol. The van der Waals surface area contributed by atoms with Gasteiger partial charge in [-0.3, -0.25) is 4.79 Å². The van der Waals surface area contributed by atoms with Crippen molar-refractivity contribution >= 4 is 5.97 Å². The molecule has 2 saturated heterocycles. The van der Waals surface area contributed by atoms with Gasteiger partial charge in [0.05, 0.1) is 12.7 Å². The highest BCUT2D eigenvalue weighted by molar-refractivity contribution is 5.66. The van der Waals surface area contributed by atoms with Gasteiger partial charge in [0.25, 0.3) is 0 Å². The molecule has 1 spiro atoms. The predicted octanol–water partition coefficient (Wildman–Crippen LogP) is 6.36. The zero-order valence-corrected chi connectivity index (χ0v) is 21.6. The van der Waals surface area contributed by atoms with Gasteiger partial charge in [-0.1, -0.05) is 27.7 Å². The molecule has 4 nitrogen and oxygen atoms in total. The van der Waals surface area contributed by atoms with Crippen molar-refractivity contribution in [2.45, 2.75) is 117 Å². The number of esters is 1. The highest BCUT2D eigenvalue weighted by atomic mass is 16.7. The van der Waals surface area contributed by atoms with Gasteiger partial charge in [0.2, 0.25) is 0 Å². The van der Waals surface area contributed by atoms with Crippen LogP contribution < -0.4 is 0 Å². The minimum atomic E-state index is -0.300. The predicted molar refractivity (Wildman–Crippen MR) is 127 cm³/mol. The largest absolute Gasteiger partial charge is 0.463 e. The van der Waals surface area contributed by atoms with Gasteiger partial charge in [-0.2, -0.15) is 0 Å². The minimum Gasteiger partial charge on any atom is -0.463 e. The molecule has 0 aromatic rings. The molecule has 4 saturated carbocycles. The van der Waals surface area contributed by atoms with Crippen molar-refractivity contribution in [1.29, 1.82) is 0 Å². The maximum atomic E-state index is 11.5. The molecule has 12 atom stereocenters. The molecule has 0 amide bonds. The third-order valence-electron chi connectivity index (χ3n) is 12.2. The monoisotopic (exact) mass is 458 g/mol. The molecule has 0 radical (unpaired) electrons. The first-order valence-electron chi connectivity index (χ1n) is 14.2. The first kappa shape index (κ1) is 22.8. The molecule has 33 heavy (non-hydrogen) atoms. The summed E-state index contributed by atoms with van der Waals surface area (Å²) in [4.78, 5) is 11.5. The number of fused-ring (bicyclic) bond motifs is 7. The molecule has 6 aliphatic rings. The molecule has 0 bridgehead atoms. The number of hydrogen-bond donors (Lipinski definition) is 0. The van der Waals surface area contributed by atoms with Crippen molar-refractivity contribution in [3.05, 3.63) is 0 Å². The van der Waals surface area contributed by atoms with Crippen LogP contribution in [0.4, 0.5) is 0 Å². The lowest BCUT2D eigenvalue weighted by Gasteiger charge is -2.61. The Balaban J connectivity index is 1.21. The summed E-state index contributed by atoms with van der Waals surface area (Å²) in [6.45, 7) is 12.4. The van der Waals surface area contributed by atoms with Crippen LogP contribution in [0.3, 0.4) is 0 Å². The van der Waals surface area contributed by atoms with Crippen LogP contribution in [-0.4, -0.2) is 30.6 Å². The van der Waals surface area contributed by atoms with Crippen LogP contribution in [-0.2, 0) is 19.0 Å². The normalized spacial score (nSPS) is 57.7. The summed E-state index contributed by atoms with van der Waals surface area (Å²) in [7, 11) is 0. The summed E-state index contributed by atoms with van der Waals surface area (Å²) in [5.74, 6) is 4.63. The van der Waals surface area contributed by atoms with Crippen molar-refractivity contribution in [3.8, 4) is 0 Å². The van der Waals surface area contributed by atoms with Crippen LogP contribution in [0, 0.1) is 52.3 Å². The molecule has 4 heteroatoms. The van der Waals surface area contributed by atoms with E-state index in [1.165, 1.54) is 44.9 Å². The van der Waals surface area contributed by atoms with Gasteiger partial charge in [-0.15, -0.1) is 0 Å². The molecular formula is C29H46O4. The van der Waals surface area contributed by atoms with Gasteiger partial charge < -0.3 is 14.2 Å². The lowest BCUT2D eigenvalue weighted by Crippen LogP contribution is -2.55. The Morgan fingerprint density at radius 3 is 2.42 bits per heavy atom. The van der Waals surface area contributed by atoms with Crippen molar-refractivity contribution in [3.63, 3.8) is 0 Å². The van der Waals surface area contributed by atoms with Crippen molar-refractivity contribution < 1.29 is 19.0 Å². The average Bonchev–Trinajstić information content (AvgIpc) is 3.21. The van der Waals surface area contributed by atoms with E-state index in [2.05, 4.69) is 27.7 Å². The first-order chi connectivity index (χ1) is 15.7. The van der Waals surface area contributed by atoms with Gasteiger partial charge in [0, 0.05) is 19.3 Å². The number of carbonyl (C=O) groups is 1. The second kappa shape index (κ2) is 7.69. The van der Waals surface area contributed by atoms with E-state index in [9.17, 15) is 4.79 Å². The second-order valence-corrected chi connectivity index (χ2v) is 13.7. The van der Waals surface area contributed by atoms with E-state index in [0.29, 0.717) is 34.7 Å². The fourth-order valence-electron chi connectivity index (χ4n) is 10.6. The van der Waals surface area contributed by atoms with E-state index in [1.807, 2.05) is 0 Å². The summed E-state index contributed by atoms with van der Waals surface area (Å²) in [6.07, 6.45) is 12.9. The smallest absolute Gasteiger partial charge is 0.302 e. The Hall–Kier alpha value is -0.610. The SMILES string of the molecule is CC(=O)O[C@@H]1CC[C@]2(C)C3CC[C@@]4(C)C(CC5OC6(CCC(C)CO6)[C@@H](C)C54)C3CC[C@@H]2C1. The van der Waals surface area contributed by atoms with E-state index < -0.39 is 0 Å². The highest BCUT2D eigenvalue weighted by Gasteiger charge is 2.69. The van der Waals surface area contributed by atoms with Gasteiger partial charge in [-0.25, -0.2) is 0 Å². The Bertz CT molecular complexity index is 786. The number of carbonyl (C=O) groups excluding carboxylic acids is 1. The van der Waals surface area contributed by atoms with Crippen molar-refractivity contribution in [2.75, 3.05) is 6.61 Å². The quantitative estimate of drug-likeness (QED) is 0.429. The first-order valence-corrected chi connectivity index (χ1v) is 14.2. The molecule has 2 aliphatic heterocycles. The molecule has 0 aromatic carbocycles. The van der Waals surface area contributed by atoms with Crippen LogP contribution in [0.5, 0.6) is 0 Å². The van der Waals surface area contributed by atoms with E-state index in [0.717, 1.165) is 49.5 Å². The molecule has 0 aromatic heterocycles. The fourth-order valence-corrected chi connectivity index (χ4v) is 10.6. The van der Waals surface area contributed by atoms with Crippen LogP contribution in [0.1, 0.15) is 98.8 Å². The van der Waals surface area contributed by atoms with E-state index >= 15 is 0 Å². The number of rotatable bonds is 1. The van der Waals surface area contributed by atoms with Crippen LogP contribution in [0.15, 0.2) is 0 Å². The van der Waals surface area contributed by atoms with Crippen LogP contribution in [0.25, 0.3) is 0 Å². The van der Waals surface area contributed by atoms with E-state index in [-0.39, 0.29) is 17.9 Å². The summed E-state index contributed by atoms with van der Waals surface area (Å²) >= 11 is 0. The summed E-state index contributed by atoms with van der Waals surface area (Å²) in [5, 5.41) is 0. The maximum Gasteiger partial charge on any atom is 0.302 e. The Kier molecular flexibility index (Phi) is 5.32. The Morgan fingerprint density at radius 1 is 0.909 bits per heavy atom. The second-order valence-electron chi connectivity index (χ2n) is 13.7. The fraction of sp³-hybridized carbons (Fsp3) is 0.966. The summed E-state index contributed by atoms with van der Waals surface area (Å²) in [5.41, 5.74) is 0.828. The zero-order chi connectivity index (χ0) is 23.2. The Labute approximate surface area is 200 Å². The van der Waals surface area contributed by atoms with Gasteiger partial charge >= 0.3 is 5.97 Å². The summed E-state index contributed by atoms with van der Waals surface area (Å²) in [6, 6.07) is 0. The third kappa shape index (κ3) is 3.25. The lowest BCUT2D eigenvalue weighted by molar-refractivity contribution is -0.273. The van der Waals surface area contributed by atoms with Crippen LogP contribution >= 0.6 is 0 Å². The van der Waals surface area contributed by atoms with Crippen molar-refractivity contribution in [1.82, 2.24) is 0 Å². The standard InChI is InChI=1S/C29H46O4/c1-17-8-13-29(31-16-17)18(2)26-25(33-29)15-24-22-7-6-20-14-21(32-19(3)30)9-11-27(20,4)23(22)10-12-28(24,26)5/h17-18,20-26H,6-16H2,1-5H3/t17?,18-,20+,21+,22?,23?,24?,25?,26?,27-,28-,29?/m0/s1. The molecule has 6 fully saturated rings. The van der Waals surface area contributed by atoms with E-state index in [4.69, 9.17) is 14.2 Å². The Morgan fingerprint density at radius 2 is 1.70 bits per heavy atom. The van der Waals surface area contributed by atoms with Gasteiger partial charge in [0.1, 0.15) is 6.10 Å².